The monoisotopic (exact) mass is 247 g/mol. The molecule has 0 bridgehead atoms. The third kappa shape index (κ3) is 3.39. The summed E-state index contributed by atoms with van der Waals surface area (Å²) in [6.07, 6.45) is 0.725. The van der Waals surface area contributed by atoms with Crippen LogP contribution in [0.1, 0.15) is 16.4 Å². The summed E-state index contributed by atoms with van der Waals surface area (Å²) in [5.74, 6) is -0.0209. The molecule has 2 rings (SSSR count). The van der Waals surface area contributed by atoms with Crippen molar-refractivity contribution < 1.29 is 4.92 Å². The fourth-order valence-electron chi connectivity index (χ4n) is 1.86. The highest BCUT2D eigenvalue weighted by Gasteiger charge is 2.19. The normalized spacial score (nSPS) is 12.2. The molecule has 0 fully saturated rings. The molecule has 2 aromatic rings. The largest absolute Gasteiger partial charge is 0.265 e. The topological polar surface area (TPSA) is 43.1 Å². The molecule has 1 aromatic carbocycles. The Bertz CT molecular complexity index is 467. The Morgan fingerprint density at radius 3 is 2.53 bits per heavy atom. The molecular formula is C13H13NO2S. The van der Waals surface area contributed by atoms with Crippen molar-refractivity contribution in [1.82, 2.24) is 0 Å². The van der Waals surface area contributed by atoms with Crippen molar-refractivity contribution in [2.24, 2.45) is 0 Å². The molecule has 0 spiro atoms. The standard InChI is InChI=1S/C13H13NO2S/c15-14(16)10-12(13-7-4-8-17-13)9-11-5-2-1-3-6-11/h1-8,12H,9-10H2. The van der Waals surface area contributed by atoms with Crippen molar-refractivity contribution in [3.63, 3.8) is 0 Å². The van der Waals surface area contributed by atoms with Crippen molar-refractivity contribution in [1.29, 1.82) is 0 Å². The summed E-state index contributed by atoms with van der Waals surface area (Å²) in [6, 6.07) is 13.8. The summed E-state index contributed by atoms with van der Waals surface area (Å²) in [5, 5.41) is 12.7. The first kappa shape index (κ1) is 11.8. The number of hydrogen-bond donors (Lipinski definition) is 0. The Morgan fingerprint density at radius 1 is 1.18 bits per heavy atom. The molecule has 88 valence electrons. The molecule has 0 aliphatic rings. The maximum atomic E-state index is 10.7. The summed E-state index contributed by atoms with van der Waals surface area (Å²) >= 11 is 1.59. The van der Waals surface area contributed by atoms with E-state index in [0.717, 1.165) is 16.9 Å². The van der Waals surface area contributed by atoms with Crippen LogP contribution in [0.3, 0.4) is 0 Å². The first-order valence-corrected chi connectivity index (χ1v) is 6.33. The molecular weight excluding hydrogens is 234 g/mol. The number of hydrogen-bond acceptors (Lipinski definition) is 3. The van der Waals surface area contributed by atoms with Gasteiger partial charge in [0.25, 0.3) is 0 Å². The van der Waals surface area contributed by atoms with E-state index in [-0.39, 0.29) is 17.4 Å². The molecule has 1 aromatic heterocycles. The van der Waals surface area contributed by atoms with E-state index in [2.05, 4.69) is 0 Å². The predicted octanol–water partition coefficient (Wildman–Crippen LogP) is 3.35. The van der Waals surface area contributed by atoms with E-state index < -0.39 is 0 Å². The van der Waals surface area contributed by atoms with Crippen LogP contribution < -0.4 is 0 Å². The molecule has 3 nitrogen and oxygen atoms in total. The van der Waals surface area contributed by atoms with Crippen LogP contribution >= 0.6 is 11.3 Å². The van der Waals surface area contributed by atoms with E-state index in [0.29, 0.717) is 0 Å². The lowest BCUT2D eigenvalue weighted by Crippen LogP contribution is -2.13. The average molecular weight is 247 g/mol. The van der Waals surface area contributed by atoms with E-state index in [9.17, 15) is 10.1 Å². The van der Waals surface area contributed by atoms with Crippen LogP contribution in [0.4, 0.5) is 0 Å². The van der Waals surface area contributed by atoms with E-state index in [1.54, 1.807) is 11.3 Å². The van der Waals surface area contributed by atoms with Gasteiger partial charge in [-0.2, -0.15) is 0 Å². The lowest BCUT2D eigenvalue weighted by molar-refractivity contribution is -0.483. The van der Waals surface area contributed by atoms with Crippen molar-refractivity contribution in [2.45, 2.75) is 12.3 Å². The summed E-state index contributed by atoms with van der Waals surface area (Å²) in [5.41, 5.74) is 1.15. The molecule has 0 saturated carbocycles. The van der Waals surface area contributed by atoms with Crippen LogP contribution in [-0.2, 0) is 6.42 Å². The second kappa shape index (κ2) is 5.59. The van der Waals surface area contributed by atoms with Crippen LogP contribution in [0.15, 0.2) is 47.8 Å². The first-order chi connectivity index (χ1) is 8.25. The van der Waals surface area contributed by atoms with Crippen molar-refractivity contribution >= 4 is 11.3 Å². The molecule has 0 aliphatic carbocycles. The lowest BCUT2D eigenvalue weighted by atomic mass is 9.98. The maximum absolute atomic E-state index is 10.7. The van der Waals surface area contributed by atoms with Crippen molar-refractivity contribution in [2.75, 3.05) is 6.54 Å². The summed E-state index contributed by atoms with van der Waals surface area (Å²) < 4.78 is 0. The highest BCUT2D eigenvalue weighted by molar-refractivity contribution is 7.10. The minimum atomic E-state index is -0.229. The Morgan fingerprint density at radius 2 is 1.94 bits per heavy atom. The Kier molecular flexibility index (Phi) is 3.88. The molecule has 1 heterocycles. The number of nitro groups is 1. The minimum Gasteiger partial charge on any atom is -0.265 e. The van der Waals surface area contributed by atoms with E-state index in [1.165, 1.54) is 0 Å². The van der Waals surface area contributed by atoms with Gasteiger partial charge in [-0.05, 0) is 23.4 Å². The second-order valence-corrected chi connectivity index (χ2v) is 4.90. The van der Waals surface area contributed by atoms with Gasteiger partial charge in [-0.15, -0.1) is 11.3 Å². The number of nitrogens with zero attached hydrogens (tertiary/aromatic N) is 1. The van der Waals surface area contributed by atoms with Gasteiger partial charge in [0.15, 0.2) is 0 Å². The van der Waals surface area contributed by atoms with E-state index in [1.807, 2.05) is 47.8 Å². The zero-order valence-electron chi connectivity index (χ0n) is 9.28. The van der Waals surface area contributed by atoms with Crippen molar-refractivity contribution in [3.05, 3.63) is 68.4 Å². The van der Waals surface area contributed by atoms with Crippen LogP contribution in [0, 0.1) is 10.1 Å². The minimum absolute atomic E-state index is 0.00456. The predicted molar refractivity (Wildman–Crippen MR) is 69.1 cm³/mol. The quantitative estimate of drug-likeness (QED) is 0.600. The molecule has 0 saturated heterocycles. The fraction of sp³-hybridized carbons (Fsp3) is 0.231. The first-order valence-electron chi connectivity index (χ1n) is 5.45. The van der Waals surface area contributed by atoms with Gasteiger partial charge in [-0.25, -0.2) is 0 Å². The molecule has 17 heavy (non-hydrogen) atoms. The molecule has 0 aliphatic heterocycles. The summed E-state index contributed by atoms with van der Waals surface area (Å²) in [7, 11) is 0. The van der Waals surface area contributed by atoms with Crippen LogP contribution in [0.25, 0.3) is 0 Å². The van der Waals surface area contributed by atoms with Crippen molar-refractivity contribution in [3.8, 4) is 0 Å². The maximum Gasteiger partial charge on any atom is 0.211 e. The zero-order valence-corrected chi connectivity index (χ0v) is 10.1. The zero-order chi connectivity index (χ0) is 12.1. The Balaban J connectivity index is 2.14. The van der Waals surface area contributed by atoms with Gasteiger partial charge >= 0.3 is 0 Å². The fourth-order valence-corrected chi connectivity index (χ4v) is 2.68. The van der Waals surface area contributed by atoms with Gasteiger partial charge in [-0.3, -0.25) is 10.1 Å². The molecule has 0 radical (unpaired) electrons. The summed E-state index contributed by atoms with van der Waals surface area (Å²) in [4.78, 5) is 11.6. The third-order valence-corrected chi connectivity index (χ3v) is 3.67. The highest BCUT2D eigenvalue weighted by atomic mass is 32.1. The average Bonchev–Trinajstić information content (AvgIpc) is 2.82. The van der Waals surface area contributed by atoms with Crippen LogP contribution in [0.5, 0.6) is 0 Å². The van der Waals surface area contributed by atoms with Gasteiger partial charge in [0, 0.05) is 9.80 Å². The molecule has 1 atom stereocenters. The molecule has 0 amide bonds. The van der Waals surface area contributed by atoms with Gasteiger partial charge in [0.2, 0.25) is 6.54 Å². The second-order valence-electron chi connectivity index (χ2n) is 3.92. The molecule has 0 N–H and O–H groups in total. The van der Waals surface area contributed by atoms with E-state index >= 15 is 0 Å². The van der Waals surface area contributed by atoms with Gasteiger partial charge in [0.1, 0.15) is 0 Å². The van der Waals surface area contributed by atoms with Gasteiger partial charge in [0.05, 0.1) is 5.92 Å². The SMILES string of the molecule is O=[N+]([O-])CC(Cc1ccccc1)c1cccs1. The Hall–Kier alpha value is -1.68. The smallest absolute Gasteiger partial charge is 0.211 e. The lowest BCUT2D eigenvalue weighted by Gasteiger charge is -2.10. The number of benzene rings is 1. The van der Waals surface area contributed by atoms with E-state index in [4.69, 9.17) is 0 Å². The Labute approximate surface area is 104 Å². The van der Waals surface area contributed by atoms with Crippen LogP contribution in [-0.4, -0.2) is 11.5 Å². The third-order valence-electron chi connectivity index (χ3n) is 2.64. The van der Waals surface area contributed by atoms with Gasteiger partial charge < -0.3 is 0 Å². The molecule has 4 heteroatoms. The highest BCUT2D eigenvalue weighted by Crippen LogP contribution is 2.25. The number of rotatable bonds is 5. The van der Waals surface area contributed by atoms with Crippen LogP contribution in [0.2, 0.25) is 0 Å². The molecule has 1 unspecified atom stereocenters. The van der Waals surface area contributed by atoms with Gasteiger partial charge in [-0.1, -0.05) is 36.4 Å². The summed E-state index contributed by atoms with van der Waals surface area (Å²) in [6.45, 7) is -0.00456. The number of thiophene rings is 1.